The van der Waals surface area contributed by atoms with Gasteiger partial charge >= 0.3 is 6.09 Å². The molecule has 4 rings (SSSR count). The number of carboxylic acid groups (broad SMARTS) is 1. The molecule has 2 aliphatic heterocycles. The molecule has 0 bridgehead atoms. The molecule has 0 spiro atoms. The van der Waals surface area contributed by atoms with Crippen molar-refractivity contribution in [2.75, 3.05) is 53.7 Å². The fourth-order valence-electron chi connectivity index (χ4n) is 4.65. The van der Waals surface area contributed by atoms with Crippen LogP contribution in [0.3, 0.4) is 0 Å². The van der Waals surface area contributed by atoms with Crippen LogP contribution in [0, 0.1) is 0 Å². The van der Waals surface area contributed by atoms with Crippen molar-refractivity contribution >= 4 is 38.9 Å². The van der Waals surface area contributed by atoms with Gasteiger partial charge in [-0.3, -0.25) is 4.90 Å². The van der Waals surface area contributed by atoms with Gasteiger partial charge < -0.3 is 14.9 Å². The fourth-order valence-corrected chi connectivity index (χ4v) is 6.01. The third-order valence-electron chi connectivity index (χ3n) is 5.99. The van der Waals surface area contributed by atoms with Gasteiger partial charge in [0.05, 0.1) is 17.6 Å². The number of benzene rings is 2. The monoisotopic (exact) mass is 444 g/mol. The van der Waals surface area contributed by atoms with Gasteiger partial charge in [-0.25, -0.2) is 13.2 Å². The Morgan fingerprint density at radius 3 is 2.10 bits per heavy atom. The van der Waals surface area contributed by atoms with Gasteiger partial charge in [0.25, 0.3) is 0 Å². The van der Waals surface area contributed by atoms with Gasteiger partial charge in [-0.15, -0.1) is 0 Å². The molecule has 2 aromatic carbocycles. The number of hydrogen-bond acceptors (Lipinski definition) is 5. The number of carbonyl (C=O) groups is 1. The van der Waals surface area contributed by atoms with Gasteiger partial charge in [-0.2, -0.15) is 4.31 Å². The zero-order valence-corrected chi connectivity index (χ0v) is 18.8. The smallest absolute Gasteiger partial charge is 0.411 e. The van der Waals surface area contributed by atoms with Crippen LogP contribution >= 0.6 is 0 Å². The third-order valence-corrected chi connectivity index (χ3v) is 7.47. The van der Waals surface area contributed by atoms with Crippen molar-refractivity contribution < 1.29 is 18.3 Å². The van der Waals surface area contributed by atoms with Crippen LogP contribution in [0.5, 0.6) is 0 Å². The minimum absolute atomic E-state index is 0.399. The summed E-state index contributed by atoms with van der Waals surface area (Å²) >= 11 is 0. The first-order valence-electron chi connectivity index (χ1n) is 10.3. The van der Waals surface area contributed by atoms with E-state index >= 15 is 0 Å². The second kappa shape index (κ2) is 7.72. The number of rotatable bonds is 3. The minimum atomic E-state index is -3.25. The molecule has 0 unspecified atom stereocenters. The molecule has 0 saturated carbocycles. The summed E-state index contributed by atoms with van der Waals surface area (Å²) in [6.07, 6.45) is 0.319. The Hall–Kier alpha value is -2.78. The maximum absolute atomic E-state index is 12.1. The molecule has 2 heterocycles. The molecule has 1 N–H and O–H groups in total. The summed E-state index contributed by atoms with van der Waals surface area (Å²) in [5.74, 6) is 0. The molecule has 1 fully saturated rings. The highest BCUT2D eigenvalue weighted by atomic mass is 32.2. The lowest BCUT2D eigenvalue weighted by Gasteiger charge is -2.46. The molecule has 1 saturated heterocycles. The Labute approximate surface area is 183 Å². The van der Waals surface area contributed by atoms with E-state index in [0.717, 1.165) is 17.1 Å². The third kappa shape index (κ3) is 4.07. The standard InChI is InChI=1S/C22H28N4O4S/c1-22(2)16-23(12-15-26(22)31(3,29)30)17-8-10-18(11-9-17)24-13-14-25(21(27)28)20-7-5-4-6-19(20)24/h4-11H,12-16H2,1-3H3,(H,27,28). The minimum Gasteiger partial charge on any atom is -0.465 e. The van der Waals surface area contributed by atoms with Crippen LogP contribution in [0.25, 0.3) is 0 Å². The molecular formula is C22H28N4O4S. The second-order valence-corrected chi connectivity index (χ2v) is 10.6. The van der Waals surface area contributed by atoms with E-state index in [1.165, 1.54) is 11.2 Å². The predicted octanol–water partition coefficient (Wildman–Crippen LogP) is 3.18. The molecule has 0 aliphatic carbocycles. The number of piperazine rings is 1. The highest BCUT2D eigenvalue weighted by Gasteiger charge is 2.39. The molecule has 166 valence electrons. The number of hydrogen-bond donors (Lipinski definition) is 1. The molecule has 0 aromatic heterocycles. The number of sulfonamides is 1. The average Bonchev–Trinajstić information content (AvgIpc) is 2.71. The highest BCUT2D eigenvalue weighted by Crippen LogP contribution is 2.38. The maximum Gasteiger partial charge on any atom is 0.411 e. The lowest BCUT2D eigenvalue weighted by molar-refractivity contribution is 0.201. The van der Waals surface area contributed by atoms with Crippen molar-refractivity contribution in [1.29, 1.82) is 0 Å². The first-order chi connectivity index (χ1) is 14.6. The van der Waals surface area contributed by atoms with E-state index in [-0.39, 0.29) is 0 Å². The predicted molar refractivity (Wildman–Crippen MR) is 123 cm³/mol. The Kier molecular flexibility index (Phi) is 5.35. The zero-order chi connectivity index (χ0) is 22.4. The topological polar surface area (TPSA) is 84.4 Å². The van der Waals surface area contributed by atoms with Crippen LogP contribution < -0.4 is 14.7 Å². The van der Waals surface area contributed by atoms with Crippen molar-refractivity contribution in [1.82, 2.24) is 4.31 Å². The Bertz CT molecular complexity index is 1080. The molecular weight excluding hydrogens is 416 g/mol. The Morgan fingerprint density at radius 1 is 0.903 bits per heavy atom. The fraction of sp³-hybridized carbons (Fsp3) is 0.409. The molecule has 2 aliphatic rings. The summed E-state index contributed by atoms with van der Waals surface area (Å²) in [4.78, 5) is 17.3. The number of nitrogens with zero attached hydrogens (tertiary/aromatic N) is 4. The molecule has 2 aromatic rings. The van der Waals surface area contributed by atoms with Crippen LogP contribution in [0.15, 0.2) is 48.5 Å². The van der Waals surface area contributed by atoms with Crippen molar-refractivity contribution in [2.45, 2.75) is 19.4 Å². The van der Waals surface area contributed by atoms with E-state index < -0.39 is 21.7 Å². The van der Waals surface area contributed by atoms with Gasteiger partial charge in [0.1, 0.15) is 0 Å². The van der Waals surface area contributed by atoms with Crippen molar-refractivity contribution in [3.8, 4) is 0 Å². The second-order valence-electron chi connectivity index (χ2n) is 8.66. The van der Waals surface area contributed by atoms with E-state index in [4.69, 9.17) is 0 Å². The van der Waals surface area contributed by atoms with Crippen LogP contribution in [0.4, 0.5) is 27.5 Å². The maximum atomic E-state index is 12.1. The van der Waals surface area contributed by atoms with Crippen molar-refractivity contribution in [3.05, 3.63) is 48.5 Å². The van der Waals surface area contributed by atoms with Crippen LogP contribution in [-0.4, -0.2) is 68.4 Å². The van der Waals surface area contributed by atoms with E-state index in [2.05, 4.69) is 9.80 Å². The van der Waals surface area contributed by atoms with Crippen molar-refractivity contribution in [2.24, 2.45) is 0 Å². The van der Waals surface area contributed by atoms with Crippen LogP contribution in [-0.2, 0) is 10.0 Å². The summed E-state index contributed by atoms with van der Waals surface area (Å²) < 4.78 is 25.8. The van der Waals surface area contributed by atoms with E-state index in [1.807, 2.05) is 62.4 Å². The summed E-state index contributed by atoms with van der Waals surface area (Å²) in [7, 11) is -3.25. The van der Waals surface area contributed by atoms with Gasteiger partial charge in [-0.05, 0) is 50.2 Å². The van der Waals surface area contributed by atoms with Gasteiger partial charge in [0.2, 0.25) is 10.0 Å². The van der Waals surface area contributed by atoms with Crippen LogP contribution in [0.2, 0.25) is 0 Å². The van der Waals surface area contributed by atoms with Gasteiger partial charge in [0, 0.05) is 49.6 Å². The lowest BCUT2D eigenvalue weighted by atomic mass is 10.0. The quantitative estimate of drug-likeness (QED) is 0.783. The number of anilines is 4. The summed E-state index contributed by atoms with van der Waals surface area (Å²) in [6.45, 7) is 6.58. The molecule has 8 nitrogen and oxygen atoms in total. The Morgan fingerprint density at radius 2 is 1.52 bits per heavy atom. The van der Waals surface area contributed by atoms with Gasteiger partial charge in [-0.1, -0.05) is 12.1 Å². The molecule has 0 radical (unpaired) electrons. The summed E-state index contributed by atoms with van der Waals surface area (Å²) in [5, 5.41) is 9.49. The van der Waals surface area contributed by atoms with Crippen molar-refractivity contribution in [3.63, 3.8) is 0 Å². The SMILES string of the molecule is CC1(C)CN(c2ccc(N3CCN(C(=O)O)c4ccccc43)cc2)CCN1S(C)(=O)=O. The first kappa shape index (κ1) is 21.5. The summed E-state index contributed by atoms with van der Waals surface area (Å²) in [6, 6.07) is 15.7. The normalized spacial score (nSPS) is 19.3. The summed E-state index contributed by atoms with van der Waals surface area (Å²) in [5.41, 5.74) is 3.10. The number of para-hydroxylation sites is 2. The molecule has 1 amide bonds. The molecule has 0 atom stereocenters. The van der Waals surface area contributed by atoms with E-state index in [0.29, 0.717) is 38.4 Å². The van der Waals surface area contributed by atoms with Crippen LogP contribution in [0.1, 0.15) is 13.8 Å². The van der Waals surface area contributed by atoms with E-state index in [9.17, 15) is 18.3 Å². The Balaban J connectivity index is 1.56. The van der Waals surface area contributed by atoms with E-state index in [1.54, 1.807) is 4.31 Å². The number of fused-ring (bicyclic) bond motifs is 1. The highest BCUT2D eigenvalue weighted by molar-refractivity contribution is 7.88. The lowest BCUT2D eigenvalue weighted by Crippen LogP contribution is -2.60. The molecule has 9 heteroatoms. The molecule has 31 heavy (non-hydrogen) atoms. The largest absolute Gasteiger partial charge is 0.465 e. The number of amides is 1. The average molecular weight is 445 g/mol. The van der Waals surface area contributed by atoms with Gasteiger partial charge in [0.15, 0.2) is 0 Å². The zero-order valence-electron chi connectivity index (χ0n) is 18.0. The first-order valence-corrected chi connectivity index (χ1v) is 12.1.